The molecular formula is C10H13N5. The number of nitrogen functional groups attached to an aromatic ring is 1. The molecule has 1 saturated carbocycles. The second-order valence-electron chi connectivity index (χ2n) is 3.66. The number of hydrogen-bond donors (Lipinski definition) is 1. The quantitative estimate of drug-likeness (QED) is 0.751. The number of imidazole rings is 1. The molecule has 0 bridgehead atoms. The van der Waals surface area contributed by atoms with Crippen molar-refractivity contribution in [2.45, 2.75) is 32.1 Å². The van der Waals surface area contributed by atoms with Gasteiger partial charge in [0.05, 0.1) is 0 Å². The minimum absolute atomic E-state index is 0.246. The average molecular weight is 203 g/mol. The fourth-order valence-electron chi connectivity index (χ4n) is 1.73. The molecule has 1 aromatic rings. The fraction of sp³-hybridized carbons (Fsp3) is 0.500. The van der Waals surface area contributed by atoms with Gasteiger partial charge in [0.15, 0.2) is 11.5 Å². The van der Waals surface area contributed by atoms with Crippen LogP contribution in [-0.2, 0) is 0 Å². The number of aromatic nitrogens is 2. The number of rotatable bonds is 1. The van der Waals surface area contributed by atoms with E-state index in [0.717, 1.165) is 18.6 Å². The number of nitrogens with two attached hydrogens (primary N) is 1. The highest BCUT2D eigenvalue weighted by molar-refractivity contribution is 5.85. The molecule has 5 nitrogen and oxygen atoms in total. The molecule has 0 radical (unpaired) electrons. The van der Waals surface area contributed by atoms with E-state index in [0.29, 0.717) is 5.82 Å². The zero-order valence-electron chi connectivity index (χ0n) is 8.48. The van der Waals surface area contributed by atoms with Crippen LogP contribution in [0, 0.1) is 11.3 Å². The first-order valence-corrected chi connectivity index (χ1v) is 5.11. The molecule has 15 heavy (non-hydrogen) atoms. The van der Waals surface area contributed by atoms with Gasteiger partial charge in [-0.3, -0.25) is 0 Å². The van der Waals surface area contributed by atoms with Gasteiger partial charge in [-0.15, -0.1) is 0 Å². The Hall–Kier alpha value is -1.83. The molecule has 1 aliphatic rings. The summed E-state index contributed by atoms with van der Waals surface area (Å²) in [7, 11) is 0. The molecule has 2 N–H and O–H groups in total. The van der Waals surface area contributed by atoms with Crippen molar-refractivity contribution < 1.29 is 0 Å². The molecule has 0 amide bonds. The Bertz CT molecular complexity index is 416. The standard InChI is InChI=1S/C10H13N5/c11-6-9-10(12)15(7-13-9)14-8-4-2-1-3-5-8/h7H,1-5,12H2. The van der Waals surface area contributed by atoms with Gasteiger partial charge < -0.3 is 5.73 Å². The van der Waals surface area contributed by atoms with Gasteiger partial charge in [-0.25, -0.2) is 9.66 Å². The van der Waals surface area contributed by atoms with E-state index in [2.05, 4.69) is 10.1 Å². The summed E-state index contributed by atoms with van der Waals surface area (Å²) >= 11 is 0. The smallest absolute Gasteiger partial charge is 0.184 e. The van der Waals surface area contributed by atoms with Crippen molar-refractivity contribution in [1.29, 1.82) is 5.26 Å². The van der Waals surface area contributed by atoms with E-state index in [1.807, 2.05) is 6.07 Å². The van der Waals surface area contributed by atoms with Gasteiger partial charge in [0.25, 0.3) is 0 Å². The molecule has 0 unspecified atom stereocenters. The second-order valence-corrected chi connectivity index (χ2v) is 3.66. The Labute approximate surface area is 88.2 Å². The van der Waals surface area contributed by atoms with E-state index in [4.69, 9.17) is 11.0 Å². The summed E-state index contributed by atoms with van der Waals surface area (Å²) in [6, 6.07) is 1.93. The van der Waals surface area contributed by atoms with Gasteiger partial charge in [0.1, 0.15) is 12.4 Å². The molecule has 1 aliphatic carbocycles. The van der Waals surface area contributed by atoms with Crippen molar-refractivity contribution in [3.8, 4) is 6.07 Å². The van der Waals surface area contributed by atoms with Crippen molar-refractivity contribution >= 4 is 11.5 Å². The summed E-state index contributed by atoms with van der Waals surface area (Å²) in [5, 5.41) is 13.1. The van der Waals surface area contributed by atoms with Gasteiger partial charge in [-0.05, 0) is 25.7 Å². The van der Waals surface area contributed by atoms with Crippen LogP contribution in [0.5, 0.6) is 0 Å². The number of anilines is 1. The molecule has 0 aliphatic heterocycles. The third-order valence-corrected chi connectivity index (χ3v) is 2.57. The summed E-state index contributed by atoms with van der Waals surface area (Å²) in [5.74, 6) is 0.329. The predicted molar refractivity (Wildman–Crippen MR) is 57.3 cm³/mol. The molecule has 1 aromatic heterocycles. The molecule has 0 spiro atoms. The third kappa shape index (κ3) is 1.99. The Balaban J connectivity index is 2.23. The molecule has 5 heteroatoms. The minimum atomic E-state index is 0.246. The van der Waals surface area contributed by atoms with Crippen molar-refractivity contribution in [1.82, 2.24) is 9.66 Å². The molecule has 1 heterocycles. The lowest BCUT2D eigenvalue weighted by Gasteiger charge is -2.12. The fourth-order valence-corrected chi connectivity index (χ4v) is 1.73. The van der Waals surface area contributed by atoms with Crippen LogP contribution in [0.15, 0.2) is 11.4 Å². The maximum atomic E-state index is 8.68. The SMILES string of the molecule is N#Cc1ncn(N=C2CCCCC2)c1N. The maximum absolute atomic E-state index is 8.68. The lowest BCUT2D eigenvalue weighted by atomic mass is 9.99. The van der Waals surface area contributed by atoms with E-state index >= 15 is 0 Å². The van der Waals surface area contributed by atoms with Crippen LogP contribution in [-0.4, -0.2) is 15.4 Å². The molecule has 78 valence electrons. The second kappa shape index (κ2) is 4.13. The average Bonchev–Trinajstić information content (AvgIpc) is 2.62. The molecule has 1 fully saturated rings. The molecule has 2 rings (SSSR count). The maximum Gasteiger partial charge on any atom is 0.184 e. The summed E-state index contributed by atoms with van der Waals surface area (Å²) in [5.41, 5.74) is 7.10. The molecule has 0 aromatic carbocycles. The van der Waals surface area contributed by atoms with Gasteiger partial charge in [0.2, 0.25) is 0 Å². The minimum Gasteiger partial charge on any atom is -0.381 e. The summed E-state index contributed by atoms with van der Waals surface area (Å²) < 4.78 is 1.50. The highest BCUT2D eigenvalue weighted by Crippen LogP contribution is 2.16. The van der Waals surface area contributed by atoms with Crippen molar-refractivity contribution in [2.75, 3.05) is 5.73 Å². The van der Waals surface area contributed by atoms with Crippen LogP contribution in [0.1, 0.15) is 37.8 Å². The van der Waals surface area contributed by atoms with Crippen molar-refractivity contribution in [2.24, 2.45) is 5.10 Å². The van der Waals surface area contributed by atoms with E-state index in [1.54, 1.807) is 0 Å². The largest absolute Gasteiger partial charge is 0.381 e. The van der Waals surface area contributed by atoms with E-state index < -0.39 is 0 Å². The predicted octanol–water partition coefficient (Wildman–Crippen LogP) is 1.51. The summed E-state index contributed by atoms with van der Waals surface area (Å²) in [4.78, 5) is 3.87. The van der Waals surface area contributed by atoms with Gasteiger partial charge in [0, 0.05) is 5.71 Å². The summed E-state index contributed by atoms with van der Waals surface area (Å²) in [6.45, 7) is 0. The van der Waals surface area contributed by atoms with E-state index in [-0.39, 0.29) is 5.69 Å². The molecular weight excluding hydrogens is 190 g/mol. The Morgan fingerprint density at radius 2 is 2.13 bits per heavy atom. The first-order valence-electron chi connectivity index (χ1n) is 5.11. The Morgan fingerprint density at radius 1 is 1.40 bits per heavy atom. The number of nitrogens with zero attached hydrogens (tertiary/aromatic N) is 4. The highest BCUT2D eigenvalue weighted by Gasteiger charge is 2.09. The van der Waals surface area contributed by atoms with Gasteiger partial charge in [-0.1, -0.05) is 6.42 Å². The van der Waals surface area contributed by atoms with Crippen LogP contribution >= 0.6 is 0 Å². The highest BCUT2D eigenvalue weighted by atomic mass is 15.4. The van der Waals surface area contributed by atoms with Crippen molar-refractivity contribution in [3.05, 3.63) is 12.0 Å². The van der Waals surface area contributed by atoms with Crippen LogP contribution in [0.2, 0.25) is 0 Å². The van der Waals surface area contributed by atoms with E-state index in [9.17, 15) is 0 Å². The van der Waals surface area contributed by atoms with Crippen LogP contribution in [0.25, 0.3) is 0 Å². The normalized spacial score (nSPS) is 16.1. The van der Waals surface area contributed by atoms with Crippen LogP contribution in [0.4, 0.5) is 5.82 Å². The molecule has 0 atom stereocenters. The first kappa shape index (κ1) is 9.71. The summed E-state index contributed by atoms with van der Waals surface area (Å²) in [6.07, 6.45) is 7.22. The lowest BCUT2D eigenvalue weighted by molar-refractivity contribution is 0.657. The third-order valence-electron chi connectivity index (χ3n) is 2.57. The Morgan fingerprint density at radius 3 is 2.73 bits per heavy atom. The number of hydrogen-bond acceptors (Lipinski definition) is 4. The monoisotopic (exact) mass is 203 g/mol. The topological polar surface area (TPSA) is 80.0 Å². The van der Waals surface area contributed by atoms with E-state index in [1.165, 1.54) is 30.3 Å². The molecule has 0 saturated heterocycles. The zero-order valence-corrected chi connectivity index (χ0v) is 8.48. The first-order chi connectivity index (χ1) is 7.31. The van der Waals surface area contributed by atoms with Crippen LogP contribution < -0.4 is 5.73 Å². The number of nitriles is 1. The Kier molecular flexibility index (Phi) is 2.68. The van der Waals surface area contributed by atoms with Gasteiger partial charge in [-0.2, -0.15) is 10.4 Å². The van der Waals surface area contributed by atoms with Crippen molar-refractivity contribution in [3.63, 3.8) is 0 Å². The van der Waals surface area contributed by atoms with Gasteiger partial charge >= 0.3 is 0 Å². The lowest BCUT2D eigenvalue weighted by Crippen LogP contribution is -2.08. The van der Waals surface area contributed by atoms with Crippen LogP contribution in [0.3, 0.4) is 0 Å². The zero-order chi connectivity index (χ0) is 10.7.